The van der Waals surface area contributed by atoms with Crippen molar-refractivity contribution >= 4 is 39.4 Å². The lowest BCUT2D eigenvalue weighted by Gasteiger charge is -2.05. The number of imidazole rings is 1. The van der Waals surface area contributed by atoms with Crippen molar-refractivity contribution < 1.29 is 4.79 Å². The number of nitrogens with zero attached hydrogens (tertiary/aromatic N) is 3. The Morgan fingerprint density at radius 1 is 1.24 bits per heavy atom. The van der Waals surface area contributed by atoms with E-state index in [1.807, 2.05) is 47.1 Å². The summed E-state index contributed by atoms with van der Waals surface area (Å²) >= 11 is 5.97. The van der Waals surface area contributed by atoms with Crippen LogP contribution in [0.4, 0.5) is 0 Å². The molecular formula is C18H16ClN5O. The number of H-pyrrole nitrogens is 1. The van der Waals surface area contributed by atoms with Crippen LogP contribution in [-0.2, 0) is 17.9 Å². The second-order valence-corrected chi connectivity index (χ2v) is 6.23. The quantitative estimate of drug-likeness (QED) is 0.578. The van der Waals surface area contributed by atoms with Crippen LogP contribution < -0.4 is 5.32 Å². The van der Waals surface area contributed by atoms with E-state index in [0.717, 1.165) is 27.8 Å². The van der Waals surface area contributed by atoms with Gasteiger partial charge in [0.2, 0.25) is 5.91 Å². The monoisotopic (exact) mass is 353 g/mol. The largest absolute Gasteiger partial charge is 0.349 e. The van der Waals surface area contributed by atoms with Crippen LogP contribution in [0.2, 0.25) is 5.02 Å². The van der Waals surface area contributed by atoms with Crippen molar-refractivity contribution in [1.82, 2.24) is 25.1 Å². The van der Waals surface area contributed by atoms with Gasteiger partial charge in [0.05, 0.1) is 35.8 Å². The number of benzene rings is 2. The molecule has 2 heterocycles. The van der Waals surface area contributed by atoms with Gasteiger partial charge in [-0.25, -0.2) is 4.98 Å². The number of rotatable bonds is 5. The molecular weight excluding hydrogens is 338 g/mol. The molecule has 0 aliphatic rings. The minimum Gasteiger partial charge on any atom is -0.349 e. The average molecular weight is 354 g/mol. The smallest absolute Gasteiger partial charge is 0.222 e. The molecule has 0 radical (unpaired) electrons. The van der Waals surface area contributed by atoms with E-state index in [2.05, 4.69) is 20.4 Å². The number of aromatic amines is 1. The van der Waals surface area contributed by atoms with Gasteiger partial charge >= 0.3 is 0 Å². The fourth-order valence-electron chi connectivity index (χ4n) is 2.80. The zero-order valence-corrected chi connectivity index (χ0v) is 14.1. The van der Waals surface area contributed by atoms with Gasteiger partial charge in [0, 0.05) is 16.8 Å². The number of hydrogen-bond donors (Lipinski definition) is 2. The number of aromatic nitrogens is 4. The highest BCUT2D eigenvalue weighted by molar-refractivity contribution is 6.31. The van der Waals surface area contributed by atoms with Gasteiger partial charge in [-0.05, 0) is 30.3 Å². The first kappa shape index (κ1) is 15.7. The first-order valence-electron chi connectivity index (χ1n) is 8.00. The van der Waals surface area contributed by atoms with Crippen LogP contribution in [0.25, 0.3) is 21.9 Å². The van der Waals surface area contributed by atoms with Gasteiger partial charge in [0.1, 0.15) is 5.82 Å². The van der Waals surface area contributed by atoms with Crippen LogP contribution in [0, 0.1) is 0 Å². The molecule has 7 heteroatoms. The van der Waals surface area contributed by atoms with E-state index in [9.17, 15) is 4.79 Å². The third-order valence-corrected chi connectivity index (χ3v) is 4.28. The molecule has 0 aliphatic heterocycles. The van der Waals surface area contributed by atoms with Gasteiger partial charge in [-0.3, -0.25) is 9.48 Å². The second kappa shape index (κ2) is 6.57. The topological polar surface area (TPSA) is 75.6 Å². The number of para-hydroxylation sites is 2. The van der Waals surface area contributed by atoms with Crippen molar-refractivity contribution in [3.63, 3.8) is 0 Å². The van der Waals surface area contributed by atoms with Crippen molar-refractivity contribution in [2.75, 3.05) is 0 Å². The standard InChI is InChI=1S/C18H16ClN5O/c19-13-5-6-16-12(9-13)10-21-24(16)8-7-18(25)20-11-17-22-14-3-1-2-4-15(14)23-17/h1-6,9-10H,7-8,11H2,(H,20,25)(H,22,23). The fourth-order valence-corrected chi connectivity index (χ4v) is 2.98. The summed E-state index contributed by atoms with van der Waals surface area (Å²) < 4.78 is 1.81. The third-order valence-electron chi connectivity index (χ3n) is 4.05. The van der Waals surface area contributed by atoms with Gasteiger partial charge in [-0.2, -0.15) is 5.10 Å². The Kier molecular flexibility index (Phi) is 4.11. The van der Waals surface area contributed by atoms with Crippen LogP contribution in [0.3, 0.4) is 0 Å². The van der Waals surface area contributed by atoms with Gasteiger partial charge in [-0.15, -0.1) is 0 Å². The van der Waals surface area contributed by atoms with Crippen LogP contribution in [-0.4, -0.2) is 25.7 Å². The number of halogens is 1. The highest BCUT2D eigenvalue weighted by Gasteiger charge is 2.08. The molecule has 4 rings (SSSR count). The summed E-state index contributed by atoms with van der Waals surface area (Å²) in [6, 6.07) is 13.4. The van der Waals surface area contributed by atoms with Crippen LogP contribution >= 0.6 is 11.6 Å². The highest BCUT2D eigenvalue weighted by Crippen LogP contribution is 2.19. The number of carbonyl (C=O) groups excluding carboxylic acids is 1. The molecule has 4 aromatic rings. The molecule has 0 fully saturated rings. The van der Waals surface area contributed by atoms with E-state index >= 15 is 0 Å². The zero-order valence-electron chi connectivity index (χ0n) is 13.4. The molecule has 0 bridgehead atoms. The highest BCUT2D eigenvalue weighted by atomic mass is 35.5. The summed E-state index contributed by atoms with van der Waals surface area (Å²) in [7, 11) is 0. The summed E-state index contributed by atoms with van der Waals surface area (Å²) in [6.45, 7) is 0.889. The lowest BCUT2D eigenvalue weighted by atomic mass is 10.2. The fraction of sp³-hybridized carbons (Fsp3) is 0.167. The zero-order chi connectivity index (χ0) is 17.2. The van der Waals surface area contributed by atoms with E-state index in [4.69, 9.17) is 11.6 Å². The molecule has 0 spiro atoms. The van der Waals surface area contributed by atoms with E-state index in [-0.39, 0.29) is 5.91 Å². The second-order valence-electron chi connectivity index (χ2n) is 5.80. The SMILES string of the molecule is O=C(CCn1ncc2cc(Cl)ccc21)NCc1nc2ccccc2[nH]1. The number of amides is 1. The predicted octanol–water partition coefficient (Wildman–Crippen LogP) is 3.27. The van der Waals surface area contributed by atoms with Crippen LogP contribution in [0.15, 0.2) is 48.7 Å². The summed E-state index contributed by atoms with van der Waals surface area (Å²) in [5.74, 6) is 0.701. The van der Waals surface area contributed by atoms with Crippen molar-refractivity contribution in [1.29, 1.82) is 0 Å². The normalized spacial score (nSPS) is 11.2. The first-order valence-corrected chi connectivity index (χ1v) is 8.38. The molecule has 2 aromatic heterocycles. The molecule has 25 heavy (non-hydrogen) atoms. The molecule has 2 aromatic carbocycles. The molecule has 0 saturated heterocycles. The number of fused-ring (bicyclic) bond motifs is 2. The molecule has 126 valence electrons. The lowest BCUT2D eigenvalue weighted by Crippen LogP contribution is -2.24. The van der Waals surface area contributed by atoms with Crippen molar-refractivity contribution in [3.05, 3.63) is 59.5 Å². The first-order chi connectivity index (χ1) is 12.2. The Hall–Kier alpha value is -2.86. The van der Waals surface area contributed by atoms with Crippen LogP contribution in [0.1, 0.15) is 12.2 Å². The minimum absolute atomic E-state index is 0.0435. The molecule has 6 nitrogen and oxygen atoms in total. The molecule has 1 amide bonds. The minimum atomic E-state index is -0.0435. The van der Waals surface area contributed by atoms with Crippen molar-refractivity contribution in [3.8, 4) is 0 Å². The maximum absolute atomic E-state index is 12.1. The maximum Gasteiger partial charge on any atom is 0.222 e. The van der Waals surface area contributed by atoms with E-state index in [1.54, 1.807) is 6.20 Å². The van der Waals surface area contributed by atoms with E-state index < -0.39 is 0 Å². The number of carbonyl (C=O) groups is 1. The Morgan fingerprint density at radius 2 is 2.12 bits per heavy atom. The molecule has 0 aliphatic carbocycles. The number of aryl methyl sites for hydroxylation is 1. The number of nitrogens with one attached hydrogen (secondary N) is 2. The molecule has 2 N–H and O–H groups in total. The van der Waals surface area contributed by atoms with Crippen LogP contribution in [0.5, 0.6) is 0 Å². The third kappa shape index (κ3) is 3.34. The summed E-state index contributed by atoms with van der Waals surface area (Å²) in [5, 5.41) is 8.84. The summed E-state index contributed by atoms with van der Waals surface area (Å²) in [4.78, 5) is 19.7. The van der Waals surface area contributed by atoms with Gasteiger partial charge in [0.25, 0.3) is 0 Å². The van der Waals surface area contributed by atoms with E-state index in [0.29, 0.717) is 24.5 Å². The number of hydrogen-bond acceptors (Lipinski definition) is 3. The van der Waals surface area contributed by atoms with E-state index in [1.165, 1.54) is 0 Å². The summed E-state index contributed by atoms with van der Waals surface area (Å²) in [6.07, 6.45) is 2.10. The molecule has 0 atom stereocenters. The molecule has 0 unspecified atom stereocenters. The predicted molar refractivity (Wildman–Crippen MR) is 97.3 cm³/mol. The van der Waals surface area contributed by atoms with Crippen molar-refractivity contribution in [2.24, 2.45) is 0 Å². The van der Waals surface area contributed by atoms with Gasteiger partial charge in [-0.1, -0.05) is 23.7 Å². The van der Waals surface area contributed by atoms with Gasteiger partial charge in [0.15, 0.2) is 0 Å². The van der Waals surface area contributed by atoms with Gasteiger partial charge < -0.3 is 10.3 Å². The summed E-state index contributed by atoms with van der Waals surface area (Å²) in [5.41, 5.74) is 2.83. The Labute approximate surface area is 148 Å². The average Bonchev–Trinajstić information content (AvgIpc) is 3.21. The van der Waals surface area contributed by atoms with Crippen molar-refractivity contribution in [2.45, 2.75) is 19.5 Å². The lowest BCUT2D eigenvalue weighted by molar-refractivity contribution is -0.121. The molecule has 0 saturated carbocycles. The maximum atomic E-state index is 12.1. The Bertz CT molecular complexity index is 1020. The Balaban J connectivity index is 1.35. The Morgan fingerprint density at radius 3 is 3.00 bits per heavy atom.